The van der Waals surface area contributed by atoms with E-state index >= 15 is 0 Å². The lowest BCUT2D eigenvalue weighted by Gasteiger charge is -2.22. The molecule has 4 aromatic rings. The van der Waals surface area contributed by atoms with Crippen molar-refractivity contribution in [3.8, 4) is 22.9 Å². The van der Waals surface area contributed by atoms with Gasteiger partial charge in [0.2, 0.25) is 5.91 Å². The second kappa shape index (κ2) is 9.48. The Bertz CT molecular complexity index is 1300. The molecule has 0 atom stereocenters. The Balaban J connectivity index is 1.70. The third kappa shape index (κ3) is 4.84. The van der Waals surface area contributed by atoms with E-state index in [1.54, 1.807) is 44.2 Å². The van der Waals surface area contributed by atoms with Crippen LogP contribution in [0.4, 0.5) is 14.6 Å². The quantitative estimate of drug-likeness (QED) is 0.405. The first-order valence-electron chi connectivity index (χ1n) is 10.5. The van der Waals surface area contributed by atoms with Crippen LogP contribution in [0.2, 0.25) is 0 Å². The number of hydrogen-bond donors (Lipinski definition) is 2. The van der Waals surface area contributed by atoms with Gasteiger partial charge in [-0.05, 0) is 18.6 Å². The monoisotopic (exact) mass is 468 g/mol. The molecule has 3 aromatic heterocycles. The molecule has 0 fully saturated rings. The molecule has 3 heterocycles. The number of halogens is 2. The van der Waals surface area contributed by atoms with Gasteiger partial charge in [0.15, 0.2) is 17.5 Å². The van der Waals surface area contributed by atoms with Crippen LogP contribution in [0, 0.1) is 17.0 Å². The number of aliphatic hydroxyl groups is 1. The Morgan fingerprint density at radius 1 is 1.18 bits per heavy atom. The maximum atomic E-state index is 14.4. The maximum absolute atomic E-state index is 14.4. The SMILES string of the molecule is CC(C)(CCO)C(=O)Nc1nc(-c2cc(-c3ccon3)n(Cc3ccccc3F)n2)ncc1F. The Kier molecular flexibility index (Phi) is 6.46. The van der Waals surface area contributed by atoms with E-state index in [-0.39, 0.29) is 42.7 Å². The normalized spacial score (nSPS) is 11.6. The number of amides is 1. The van der Waals surface area contributed by atoms with E-state index < -0.39 is 17.1 Å². The first kappa shape index (κ1) is 23.2. The fourth-order valence-electron chi connectivity index (χ4n) is 3.23. The van der Waals surface area contributed by atoms with Crippen molar-refractivity contribution in [3.63, 3.8) is 0 Å². The van der Waals surface area contributed by atoms with E-state index in [4.69, 9.17) is 9.63 Å². The van der Waals surface area contributed by atoms with Gasteiger partial charge in [0, 0.05) is 23.7 Å². The summed E-state index contributed by atoms with van der Waals surface area (Å²) in [7, 11) is 0. The first-order valence-corrected chi connectivity index (χ1v) is 10.5. The molecular formula is C23H22F2N6O3. The number of rotatable bonds is 8. The molecule has 34 heavy (non-hydrogen) atoms. The third-order valence-corrected chi connectivity index (χ3v) is 5.31. The van der Waals surface area contributed by atoms with E-state index in [9.17, 15) is 13.6 Å². The number of nitrogens with zero attached hydrogens (tertiary/aromatic N) is 5. The van der Waals surface area contributed by atoms with Crippen LogP contribution in [-0.2, 0) is 11.3 Å². The summed E-state index contributed by atoms with van der Waals surface area (Å²) >= 11 is 0. The van der Waals surface area contributed by atoms with Gasteiger partial charge in [0.05, 0.1) is 18.4 Å². The standard InChI is InChI=1S/C23H22F2N6O3/c1-23(2,8-9-32)22(33)28-20-16(25)12-26-21(27-20)18-11-19(17-7-10-34-30-17)31(29-18)13-14-5-3-4-6-15(14)24/h3-7,10-12,32H,8-9,13H2,1-2H3,(H,26,27,28,33). The Labute approximate surface area is 193 Å². The van der Waals surface area contributed by atoms with Crippen LogP contribution < -0.4 is 5.32 Å². The lowest BCUT2D eigenvalue weighted by atomic mass is 9.89. The first-order chi connectivity index (χ1) is 16.3. The fraction of sp³-hybridized carbons (Fsp3) is 0.261. The van der Waals surface area contributed by atoms with Crippen LogP contribution in [0.25, 0.3) is 22.9 Å². The van der Waals surface area contributed by atoms with Gasteiger partial charge in [-0.15, -0.1) is 0 Å². The molecule has 176 valence electrons. The number of aromatic nitrogens is 5. The highest BCUT2D eigenvalue weighted by atomic mass is 19.1. The fourth-order valence-corrected chi connectivity index (χ4v) is 3.23. The lowest BCUT2D eigenvalue weighted by molar-refractivity contribution is -0.124. The largest absolute Gasteiger partial charge is 0.396 e. The van der Waals surface area contributed by atoms with Crippen LogP contribution in [0.1, 0.15) is 25.8 Å². The van der Waals surface area contributed by atoms with E-state index in [0.717, 1.165) is 6.20 Å². The molecule has 0 bridgehead atoms. The minimum absolute atomic E-state index is 0.0497. The molecule has 9 nitrogen and oxygen atoms in total. The second-order valence-corrected chi connectivity index (χ2v) is 8.25. The van der Waals surface area contributed by atoms with Crippen molar-refractivity contribution in [2.45, 2.75) is 26.8 Å². The smallest absolute Gasteiger partial charge is 0.231 e. The van der Waals surface area contributed by atoms with Crippen molar-refractivity contribution >= 4 is 11.7 Å². The van der Waals surface area contributed by atoms with Gasteiger partial charge in [-0.2, -0.15) is 5.10 Å². The van der Waals surface area contributed by atoms with E-state index in [0.29, 0.717) is 17.0 Å². The summed E-state index contributed by atoms with van der Waals surface area (Å²) < 4.78 is 35.1. The Morgan fingerprint density at radius 2 is 1.97 bits per heavy atom. The molecule has 11 heteroatoms. The number of anilines is 1. The summed E-state index contributed by atoms with van der Waals surface area (Å²) in [6.45, 7) is 3.16. The summed E-state index contributed by atoms with van der Waals surface area (Å²) in [6.07, 6.45) is 2.52. The molecular weight excluding hydrogens is 446 g/mol. The van der Waals surface area contributed by atoms with Crippen molar-refractivity contribution in [3.05, 3.63) is 66.1 Å². The maximum Gasteiger partial charge on any atom is 0.231 e. The zero-order valence-corrected chi connectivity index (χ0v) is 18.5. The van der Waals surface area contributed by atoms with Gasteiger partial charge < -0.3 is 14.9 Å². The number of carbonyl (C=O) groups is 1. The molecule has 0 aliphatic heterocycles. The van der Waals surface area contributed by atoms with Gasteiger partial charge in [-0.3, -0.25) is 9.48 Å². The Hall–Kier alpha value is -3.99. The predicted molar refractivity (Wildman–Crippen MR) is 118 cm³/mol. The number of hydrogen-bond acceptors (Lipinski definition) is 7. The van der Waals surface area contributed by atoms with Crippen LogP contribution in [0.3, 0.4) is 0 Å². The summed E-state index contributed by atoms with van der Waals surface area (Å²) in [5.41, 5.74) is 0.694. The number of carbonyl (C=O) groups excluding carboxylic acids is 1. The minimum Gasteiger partial charge on any atom is -0.396 e. The highest BCUT2D eigenvalue weighted by Crippen LogP contribution is 2.27. The molecule has 0 unspecified atom stereocenters. The van der Waals surface area contributed by atoms with Crippen LogP contribution in [0.5, 0.6) is 0 Å². The molecule has 4 rings (SSSR count). The van der Waals surface area contributed by atoms with Crippen LogP contribution >= 0.6 is 0 Å². The van der Waals surface area contributed by atoms with Crippen molar-refractivity contribution in [1.29, 1.82) is 0 Å². The van der Waals surface area contributed by atoms with Gasteiger partial charge in [0.1, 0.15) is 23.5 Å². The van der Waals surface area contributed by atoms with E-state index in [2.05, 4.69) is 25.5 Å². The topological polar surface area (TPSA) is 119 Å². The molecule has 0 saturated heterocycles. The lowest BCUT2D eigenvalue weighted by Crippen LogP contribution is -2.32. The van der Waals surface area contributed by atoms with Gasteiger partial charge in [0.25, 0.3) is 0 Å². The van der Waals surface area contributed by atoms with Crippen molar-refractivity contribution < 1.29 is 23.2 Å². The van der Waals surface area contributed by atoms with Gasteiger partial charge in [-0.1, -0.05) is 37.2 Å². The van der Waals surface area contributed by atoms with Crippen LogP contribution in [-0.4, -0.2) is 42.5 Å². The molecule has 0 saturated carbocycles. The molecule has 2 N–H and O–H groups in total. The highest BCUT2D eigenvalue weighted by Gasteiger charge is 2.28. The van der Waals surface area contributed by atoms with Crippen molar-refractivity contribution in [2.75, 3.05) is 11.9 Å². The molecule has 0 radical (unpaired) electrons. The molecule has 1 aromatic carbocycles. The van der Waals surface area contributed by atoms with Gasteiger partial charge in [-0.25, -0.2) is 18.7 Å². The average molecular weight is 468 g/mol. The second-order valence-electron chi connectivity index (χ2n) is 8.25. The predicted octanol–water partition coefficient (Wildman–Crippen LogP) is 3.67. The highest BCUT2D eigenvalue weighted by molar-refractivity contribution is 5.94. The van der Waals surface area contributed by atoms with Gasteiger partial charge >= 0.3 is 0 Å². The zero-order chi connectivity index (χ0) is 24.3. The van der Waals surface area contributed by atoms with E-state index in [1.807, 2.05) is 0 Å². The van der Waals surface area contributed by atoms with Crippen molar-refractivity contribution in [2.24, 2.45) is 5.41 Å². The molecule has 1 amide bonds. The van der Waals surface area contributed by atoms with E-state index in [1.165, 1.54) is 17.0 Å². The number of aliphatic hydroxyl groups excluding tert-OH is 1. The molecule has 0 aliphatic rings. The number of benzene rings is 1. The minimum atomic E-state index is -0.937. The molecule has 0 spiro atoms. The van der Waals surface area contributed by atoms with Crippen LogP contribution in [0.15, 0.2) is 53.4 Å². The summed E-state index contributed by atoms with van der Waals surface area (Å²) in [5, 5.41) is 20.0. The third-order valence-electron chi connectivity index (χ3n) is 5.31. The average Bonchev–Trinajstić information content (AvgIpc) is 3.47. The zero-order valence-electron chi connectivity index (χ0n) is 18.5. The summed E-state index contributed by atoms with van der Waals surface area (Å²) in [6, 6.07) is 9.54. The molecule has 0 aliphatic carbocycles. The Morgan fingerprint density at radius 3 is 2.68 bits per heavy atom. The summed E-state index contributed by atoms with van der Waals surface area (Å²) in [5.74, 6) is -1.97. The summed E-state index contributed by atoms with van der Waals surface area (Å²) in [4.78, 5) is 20.7. The van der Waals surface area contributed by atoms with Crippen molar-refractivity contribution in [1.82, 2.24) is 24.9 Å². The number of nitrogens with one attached hydrogen (secondary N) is 1.